The van der Waals surface area contributed by atoms with Gasteiger partial charge in [-0.15, -0.1) is 0 Å². The van der Waals surface area contributed by atoms with Crippen molar-refractivity contribution in [1.82, 2.24) is 9.97 Å². The van der Waals surface area contributed by atoms with E-state index in [2.05, 4.69) is 16.9 Å². The molecule has 0 saturated carbocycles. The van der Waals surface area contributed by atoms with Crippen molar-refractivity contribution in [3.05, 3.63) is 47.9 Å². The third-order valence-corrected chi connectivity index (χ3v) is 3.11. The molecule has 0 aliphatic rings. The highest BCUT2D eigenvalue weighted by molar-refractivity contribution is 5.34. The lowest BCUT2D eigenvalue weighted by Crippen LogP contribution is -2.06. The molecule has 0 fully saturated rings. The highest BCUT2D eigenvalue weighted by Gasteiger charge is 2.17. The average molecular weight is 288 g/mol. The zero-order chi connectivity index (χ0) is 15.1. The van der Waals surface area contributed by atoms with Gasteiger partial charge < -0.3 is 14.6 Å². The molecule has 0 radical (unpaired) electrons. The number of methoxy groups -OCH3 is 1. The van der Waals surface area contributed by atoms with Gasteiger partial charge in [0.2, 0.25) is 5.88 Å². The summed E-state index contributed by atoms with van der Waals surface area (Å²) >= 11 is 0. The Hall–Kier alpha value is -2.14. The molecule has 0 saturated heterocycles. The van der Waals surface area contributed by atoms with Crippen LogP contribution in [-0.2, 0) is 0 Å². The molecule has 0 aliphatic carbocycles. The molecule has 1 aromatic heterocycles. The molecule has 2 rings (SSSR count). The van der Waals surface area contributed by atoms with Crippen LogP contribution in [0.2, 0.25) is 0 Å². The van der Waals surface area contributed by atoms with Gasteiger partial charge in [0, 0.05) is 12.4 Å². The van der Waals surface area contributed by atoms with E-state index in [1.54, 1.807) is 0 Å². The van der Waals surface area contributed by atoms with Crippen LogP contribution in [0, 0.1) is 0 Å². The molecule has 5 nitrogen and oxygen atoms in total. The molecule has 2 aromatic rings. The Balaban J connectivity index is 2.10. The maximum atomic E-state index is 10.4. The monoisotopic (exact) mass is 288 g/mol. The standard InChI is InChI=1S/C16H20N2O3/c1-3-4-11-21-13-7-5-12(6-8-13)15(19)14-16(20-2)18-10-9-17-14/h5-10,15,19H,3-4,11H2,1-2H3. The Kier molecular flexibility index (Phi) is 5.51. The maximum absolute atomic E-state index is 10.4. The molecule has 1 aromatic carbocycles. The summed E-state index contributed by atoms with van der Waals surface area (Å²) in [5, 5.41) is 10.4. The number of hydrogen-bond acceptors (Lipinski definition) is 5. The van der Waals surface area contributed by atoms with Crippen molar-refractivity contribution < 1.29 is 14.6 Å². The quantitative estimate of drug-likeness (QED) is 0.794. The smallest absolute Gasteiger partial charge is 0.238 e. The van der Waals surface area contributed by atoms with E-state index in [9.17, 15) is 5.11 Å². The summed E-state index contributed by atoms with van der Waals surface area (Å²) < 4.78 is 10.7. The number of unbranched alkanes of at least 4 members (excludes halogenated alkanes) is 1. The van der Waals surface area contributed by atoms with Gasteiger partial charge in [0.1, 0.15) is 17.5 Å². The molecule has 21 heavy (non-hydrogen) atoms. The number of aromatic nitrogens is 2. The van der Waals surface area contributed by atoms with Crippen LogP contribution in [0.25, 0.3) is 0 Å². The van der Waals surface area contributed by atoms with E-state index in [0.29, 0.717) is 18.2 Å². The topological polar surface area (TPSA) is 64.5 Å². The van der Waals surface area contributed by atoms with Crippen molar-refractivity contribution in [1.29, 1.82) is 0 Å². The van der Waals surface area contributed by atoms with Crippen LogP contribution in [0.1, 0.15) is 37.1 Å². The second-order valence-electron chi connectivity index (χ2n) is 4.62. The summed E-state index contributed by atoms with van der Waals surface area (Å²) in [6.45, 7) is 2.83. The van der Waals surface area contributed by atoms with Crippen LogP contribution in [0.15, 0.2) is 36.7 Å². The minimum Gasteiger partial charge on any atom is -0.494 e. The number of hydrogen-bond donors (Lipinski definition) is 1. The molecule has 0 spiro atoms. The summed E-state index contributed by atoms with van der Waals surface area (Å²) in [4.78, 5) is 8.18. The molecule has 0 amide bonds. The molecule has 5 heteroatoms. The lowest BCUT2D eigenvalue weighted by Gasteiger charge is -2.13. The number of aliphatic hydroxyl groups is 1. The molecular weight excluding hydrogens is 268 g/mol. The Morgan fingerprint density at radius 2 is 1.86 bits per heavy atom. The molecule has 1 heterocycles. The number of benzene rings is 1. The highest BCUT2D eigenvalue weighted by atomic mass is 16.5. The Morgan fingerprint density at radius 3 is 2.52 bits per heavy atom. The van der Waals surface area contributed by atoms with E-state index in [0.717, 1.165) is 24.2 Å². The molecule has 1 atom stereocenters. The summed E-state index contributed by atoms with van der Waals surface area (Å²) in [6.07, 6.45) is 4.31. The van der Waals surface area contributed by atoms with Gasteiger partial charge in [0.15, 0.2) is 0 Å². The SMILES string of the molecule is CCCCOc1ccc(C(O)c2nccnc2OC)cc1. The molecule has 1 N–H and O–H groups in total. The zero-order valence-corrected chi connectivity index (χ0v) is 12.3. The van der Waals surface area contributed by atoms with Gasteiger partial charge in [-0.3, -0.25) is 4.98 Å². The minimum absolute atomic E-state index is 0.327. The van der Waals surface area contributed by atoms with E-state index in [-0.39, 0.29) is 0 Å². The van der Waals surface area contributed by atoms with Crippen molar-refractivity contribution in [3.63, 3.8) is 0 Å². The van der Waals surface area contributed by atoms with E-state index >= 15 is 0 Å². The second-order valence-corrected chi connectivity index (χ2v) is 4.62. The molecule has 1 unspecified atom stereocenters. The van der Waals surface area contributed by atoms with Gasteiger partial charge in [-0.05, 0) is 24.1 Å². The number of nitrogens with zero attached hydrogens (tertiary/aromatic N) is 2. The average Bonchev–Trinajstić information content (AvgIpc) is 2.55. The van der Waals surface area contributed by atoms with Gasteiger partial charge in [0.05, 0.1) is 13.7 Å². The van der Waals surface area contributed by atoms with Gasteiger partial charge in [-0.2, -0.15) is 0 Å². The van der Waals surface area contributed by atoms with Crippen LogP contribution in [0.4, 0.5) is 0 Å². The molecular formula is C16H20N2O3. The Labute approximate surface area is 124 Å². The zero-order valence-electron chi connectivity index (χ0n) is 12.3. The second kappa shape index (κ2) is 7.59. The molecule has 0 bridgehead atoms. The number of aliphatic hydroxyl groups excluding tert-OH is 1. The van der Waals surface area contributed by atoms with Crippen molar-refractivity contribution in [2.75, 3.05) is 13.7 Å². The summed E-state index contributed by atoms with van der Waals surface area (Å²) in [5.41, 5.74) is 1.12. The number of ether oxygens (including phenoxy) is 2. The molecule has 0 aliphatic heterocycles. The normalized spacial score (nSPS) is 12.0. The van der Waals surface area contributed by atoms with Crippen LogP contribution in [0.5, 0.6) is 11.6 Å². The van der Waals surface area contributed by atoms with Crippen molar-refractivity contribution in [2.45, 2.75) is 25.9 Å². The Morgan fingerprint density at radius 1 is 1.14 bits per heavy atom. The first-order valence-electron chi connectivity index (χ1n) is 7.02. The third-order valence-electron chi connectivity index (χ3n) is 3.11. The maximum Gasteiger partial charge on any atom is 0.238 e. The lowest BCUT2D eigenvalue weighted by atomic mass is 10.1. The fraction of sp³-hybridized carbons (Fsp3) is 0.375. The summed E-state index contributed by atoms with van der Waals surface area (Å²) in [6, 6.07) is 7.33. The lowest BCUT2D eigenvalue weighted by molar-refractivity contribution is 0.207. The van der Waals surface area contributed by atoms with Crippen molar-refractivity contribution in [3.8, 4) is 11.6 Å². The first-order valence-corrected chi connectivity index (χ1v) is 7.02. The van der Waals surface area contributed by atoms with E-state index in [1.165, 1.54) is 19.5 Å². The first-order chi connectivity index (χ1) is 10.3. The first kappa shape index (κ1) is 15.3. The fourth-order valence-corrected chi connectivity index (χ4v) is 1.92. The van der Waals surface area contributed by atoms with Gasteiger partial charge in [-0.25, -0.2) is 4.98 Å². The minimum atomic E-state index is -0.877. The largest absolute Gasteiger partial charge is 0.494 e. The highest BCUT2D eigenvalue weighted by Crippen LogP contribution is 2.27. The van der Waals surface area contributed by atoms with E-state index in [4.69, 9.17) is 9.47 Å². The van der Waals surface area contributed by atoms with Crippen LogP contribution < -0.4 is 9.47 Å². The third kappa shape index (κ3) is 3.92. The molecule has 112 valence electrons. The summed E-state index contributed by atoms with van der Waals surface area (Å²) in [5.74, 6) is 1.12. The summed E-state index contributed by atoms with van der Waals surface area (Å²) in [7, 11) is 1.50. The van der Waals surface area contributed by atoms with Crippen LogP contribution >= 0.6 is 0 Å². The van der Waals surface area contributed by atoms with Crippen molar-refractivity contribution in [2.24, 2.45) is 0 Å². The van der Waals surface area contributed by atoms with Crippen LogP contribution in [0.3, 0.4) is 0 Å². The predicted molar refractivity (Wildman–Crippen MR) is 79.5 cm³/mol. The van der Waals surface area contributed by atoms with Gasteiger partial charge in [0.25, 0.3) is 0 Å². The fourth-order valence-electron chi connectivity index (χ4n) is 1.92. The van der Waals surface area contributed by atoms with E-state index < -0.39 is 6.10 Å². The van der Waals surface area contributed by atoms with Gasteiger partial charge >= 0.3 is 0 Å². The van der Waals surface area contributed by atoms with E-state index in [1.807, 2.05) is 24.3 Å². The predicted octanol–water partition coefficient (Wildman–Crippen LogP) is 2.75. The van der Waals surface area contributed by atoms with Crippen LogP contribution in [-0.4, -0.2) is 28.8 Å². The number of rotatable bonds is 7. The van der Waals surface area contributed by atoms with Gasteiger partial charge in [-0.1, -0.05) is 25.5 Å². The Bertz CT molecular complexity index is 558. The van der Waals surface area contributed by atoms with Crippen molar-refractivity contribution >= 4 is 0 Å².